The van der Waals surface area contributed by atoms with Crippen LogP contribution in [0, 0.1) is 6.92 Å². The van der Waals surface area contributed by atoms with E-state index in [1.54, 1.807) is 14.2 Å². The van der Waals surface area contributed by atoms with Crippen LogP contribution < -0.4 is 4.74 Å². The third-order valence-electron chi connectivity index (χ3n) is 2.91. The molecule has 0 saturated carbocycles. The van der Waals surface area contributed by atoms with Gasteiger partial charge in [-0.1, -0.05) is 11.6 Å². The molecular weight excluding hydrogens is 192 g/mol. The quantitative estimate of drug-likeness (QED) is 0.759. The van der Waals surface area contributed by atoms with Gasteiger partial charge in [-0.05, 0) is 19.1 Å². The molecule has 1 fully saturated rings. The third kappa shape index (κ3) is 1.62. The van der Waals surface area contributed by atoms with Gasteiger partial charge in [0.05, 0.1) is 20.3 Å². The fraction of sp³-hybridized carbons (Fsp3) is 0.500. The van der Waals surface area contributed by atoms with Crippen molar-refractivity contribution >= 4 is 0 Å². The molecule has 0 spiro atoms. The molecule has 0 N–H and O–H groups in total. The third-order valence-corrected chi connectivity index (χ3v) is 2.91. The average molecular weight is 208 g/mol. The van der Waals surface area contributed by atoms with Crippen LogP contribution in [0.25, 0.3) is 0 Å². The molecule has 0 atom stereocenters. The Balaban J connectivity index is 2.44. The number of ether oxygens (including phenoxy) is 3. The first-order chi connectivity index (χ1) is 7.22. The van der Waals surface area contributed by atoms with Gasteiger partial charge >= 0.3 is 0 Å². The molecule has 0 unspecified atom stereocenters. The van der Waals surface area contributed by atoms with Crippen molar-refractivity contribution in [1.82, 2.24) is 0 Å². The summed E-state index contributed by atoms with van der Waals surface area (Å²) >= 11 is 0. The van der Waals surface area contributed by atoms with Crippen molar-refractivity contribution in [2.75, 3.05) is 27.4 Å². The van der Waals surface area contributed by atoms with Crippen LogP contribution in [-0.2, 0) is 15.1 Å². The molecule has 1 aliphatic heterocycles. The van der Waals surface area contributed by atoms with Crippen molar-refractivity contribution in [3.05, 3.63) is 29.3 Å². The van der Waals surface area contributed by atoms with Crippen molar-refractivity contribution in [2.24, 2.45) is 0 Å². The van der Waals surface area contributed by atoms with Crippen molar-refractivity contribution in [1.29, 1.82) is 0 Å². The average Bonchev–Trinajstić information content (AvgIpc) is 2.17. The zero-order chi connectivity index (χ0) is 10.9. The molecule has 2 rings (SSSR count). The summed E-state index contributed by atoms with van der Waals surface area (Å²) < 4.78 is 16.1. The Morgan fingerprint density at radius 1 is 1.27 bits per heavy atom. The standard InChI is InChI=1S/C12H16O3/c1-9-4-5-11(13-2)10(6-9)12(14-3)7-15-8-12/h4-6H,7-8H2,1-3H3. The van der Waals surface area contributed by atoms with Gasteiger partial charge in [0.15, 0.2) is 0 Å². The summed E-state index contributed by atoms with van der Waals surface area (Å²) in [6.45, 7) is 3.26. The minimum Gasteiger partial charge on any atom is -0.496 e. The van der Waals surface area contributed by atoms with Crippen LogP contribution in [0.15, 0.2) is 18.2 Å². The predicted molar refractivity (Wildman–Crippen MR) is 57.2 cm³/mol. The second-order valence-electron chi connectivity index (χ2n) is 3.89. The maximum Gasteiger partial charge on any atom is 0.143 e. The summed E-state index contributed by atoms with van der Waals surface area (Å²) in [6.07, 6.45) is 0. The first-order valence-electron chi connectivity index (χ1n) is 5.00. The maximum absolute atomic E-state index is 5.55. The molecule has 0 aliphatic carbocycles. The molecule has 82 valence electrons. The molecule has 15 heavy (non-hydrogen) atoms. The Hall–Kier alpha value is -1.06. The molecule has 1 aromatic carbocycles. The SMILES string of the molecule is COc1ccc(C)cc1C1(OC)COC1. The lowest BCUT2D eigenvalue weighted by molar-refractivity contribution is -0.203. The van der Waals surface area contributed by atoms with Crippen molar-refractivity contribution in [2.45, 2.75) is 12.5 Å². The van der Waals surface area contributed by atoms with Crippen LogP contribution in [0.2, 0.25) is 0 Å². The Morgan fingerprint density at radius 2 is 2.00 bits per heavy atom. The van der Waals surface area contributed by atoms with Gasteiger partial charge in [0.25, 0.3) is 0 Å². The second-order valence-corrected chi connectivity index (χ2v) is 3.89. The lowest BCUT2D eigenvalue weighted by Gasteiger charge is -2.41. The summed E-state index contributed by atoms with van der Waals surface area (Å²) in [4.78, 5) is 0. The van der Waals surface area contributed by atoms with E-state index >= 15 is 0 Å². The number of hydrogen-bond acceptors (Lipinski definition) is 3. The van der Waals surface area contributed by atoms with E-state index in [4.69, 9.17) is 14.2 Å². The topological polar surface area (TPSA) is 27.7 Å². The Kier molecular flexibility index (Phi) is 2.67. The highest BCUT2D eigenvalue weighted by Gasteiger charge is 2.42. The summed E-state index contributed by atoms with van der Waals surface area (Å²) in [5, 5.41) is 0. The van der Waals surface area contributed by atoms with Gasteiger partial charge in [0.1, 0.15) is 11.4 Å². The number of hydrogen-bond donors (Lipinski definition) is 0. The highest BCUT2D eigenvalue weighted by Crippen LogP contribution is 2.38. The molecule has 0 aromatic heterocycles. The van der Waals surface area contributed by atoms with Crippen LogP contribution in [-0.4, -0.2) is 27.4 Å². The zero-order valence-corrected chi connectivity index (χ0v) is 9.37. The van der Waals surface area contributed by atoms with Crippen molar-refractivity contribution in [3.8, 4) is 5.75 Å². The van der Waals surface area contributed by atoms with Gasteiger partial charge in [-0.3, -0.25) is 0 Å². The zero-order valence-electron chi connectivity index (χ0n) is 9.37. The van der Waals surface area contributed by atoms with Crippen LogP contribution in [0.3, 0.4) is 0 Å². The summed E-state index contributed by atoms with van der Waals surface area (Å²) in [7, 11) is 3.39. The molecule has 1 aliphatic rings. The Labute approximate surface area is 90.0 Å². The van der Waals surface area contributed by atoms with Gasteiger partial charge in [-0.15, -0.1) is 0 Å². The van der Waals surface area contributed by atoms with Crippen molar-refractivity contribution in [3.63, 3.8) is 0 Å². The molecule has 1 saturated heterocycles. The number of benzene rings is 1. The summed E-state index contributed by atoms with van der Waals surface area (Å²) in [5.74, 6) is 0.866. The predicted octanol–water partition coefficient (Wildman–Crippen LogP) is 1.88. The smallest absolute Gasteiger partial charge is 0.143 e. The van der Waals surface area contributed by atoms with Crippen LogP contribution in [0.5, 0.6) is 5.75 Å². The van der Waals surface area contributed by atoms with E-state index in [0.29, 0.717) is 13.2 Å². The summed E-state index contributed by atoms with van der Waals surface area (Å²) in [5.41, 5.74) is 1.98. The molecule has 1 aromatic rings. The van der Waals surface area contributed by atoms with Gasteiger partial charge in [0.2, 0.25) is 0 Å². The van der Waals surface area contributed by atoms with Crippen molar-refractivity contribution < 1.29 is 14.2 Å². The molecule has 1 heterocycles. The van der Waals surface area contributed by atoms with Crippen LogP contribution >= 0.6 is 0 Å². The molecule has 3 nitrogen and oxygen atoms in total. The molecule has 3 heteroatoms. The minimum absolute atomic E-state index is 0.308. The highest BCUT2D eigenvalue weighted by molar-refractivity contribution is 5.42. The fourth-order valence-electron chi connectivity index (χ4n) is 1.85. The monoisotopic (exact) mass is 208 g/mol. The number of aryl methyl sites for hydroxylation is 1. The maximum atomic E-state index is 5.55. The van der Waals surface area contributed by atoms with E-state index in [-0.39, 0.29) is 5.60 Å². The fourth-order valence-corrected chi connectivity index (χ4v) is 1.85. The first-order valence-corrected chi connectivity index (χ1v) is 5.00. The van der Waals surface area contributed by atoms with E-state index in [2.05, 4.69) is 13.0 Å². The normalized spacial score (nSPS) is 18.3. The van der Waals surface area contributed by atoms with Gasteiger partial charge < -0.3 is 14.2 Å². The first kappa shape index (κ1) is 10.5. The molecule has 0 amide bonds. The van der Waals surface area contributed by atoms with E-state index in [0.717, 1.165) is 11.3 Å². The molecule has 0 radical (unpaired) electrons. The Bertz CT molecular complexity index is 350. The van der Waals surface area contributed by atoms with E-state index < -0.39 is 0 Å². The van der Waals surface area contributed by atoms with Gasteiger partial charge in [-0.2, -0.15) is 0 Å². The lowest BCUT2D eigenvalue weighted by Crippen LogP contribution is -2.48. The highest BCUT2D eigenvalue weighted by atomic mass is 16.6. The van der Waals surface area contributed by atoms with E-state index in [1.807, 2.05) is 12.1 Å². The van der Waals surface area contributed by atoms with E-state index in [1.165, 1.54) is 5.56 Å². The minimum atomic E-state index is -0.308. The lowest BCUT2D eigenvalue weighted by atomic mass is 9.90. The molecular formula is C12H16O3. The Morgan fingerprint density at radius 3 is 2.47 bits per heavy atom. The second kappa shape index (κ2) is 3.83. The largest absolute Gasteiger partial charge is 0.496 e. The number of methoxy groups -OCH3 is 2. The number of rotatable bonds is 3. The van der Waals surface area contributed by atoms with Crippen LogP contribution in [0.1, 0.15) is 11.1 Å². The van der Waals surface area contributed by atoms with Gasteiger partial charge in [-0.25, -0.2) is 0 Å². The van der Waals surface area contributed by atoms with E-state index in [9.17, 15) is 0 Å². The molecule has 0 bridgehead atoms. The van der Waals surface area contributed by atoms with Gasteiger partial charge in [0, 0.05) is 12.7 Å². The summed E-state index contributed by atoms with van der Waals surface area (Å²) in [6, 6.07) is 6.11. The van der Waals surface area contributed by atoms with Crippen LogP contribution in [0.4, 0.5) is 0 Å².